The molecule has 26 heavy (non-hydrogen) atoms. The number of benzene rings is 1. The van der Waals surface area contributed by atoms with Crippen molar-refractivity contribution in [2.75, 3.05) is 32.0 Å². The van der Waals surface area contributed by atoms with E-state index in [9.17, 15) is 8.42 Å². The minimum Gasteiger partial charge on any atom is -0.377 e. The van der Waals surface area contributed by atoms with E-state index in [1.165, 1.54) is 18.4 Å². The van der Waals surface area contributed by atoms with Crippen LogP contribution < -0.4 is 4.72 Å². The molecule has 2 unspecified atom stereocenters. The van der Waals surface area contributed by atoms with Crippen molar-refractivity contribution in [1.29, 1.82) is 0 Å². The lowest BCUT2D eigenvalue weighted by molar-refractivity contribution is 0.0303. The summed E-state index contributed by atoms with van der Waals surface area (Å²) in [7, 11) is -3.34. The monoisotopic (exact) mass is 380 g/mol. The third-order valence-corrected chi connectivity index (χ3v) is 7.04. The van der Waals surface area contributed by atoms with Crippen molar-refractivity contribution < 1.29 is 13.2 Å². The van der Waals surface area contributed by atoms with Gasteiger partial charge in [0.05, 0.1) is 11.9 Å². The van der Waals surface area contributed by atoms with E-state index in [-0.39, 0.29) is 17.9 Å². The number of hydrogen-bond donors (Lipinski definition) is 1. The molecule has 0 bridgehead atoms. The standard InChI is InChI=1S/C20H32N2O3S/c1-17-10-12-22(13-11-17)20(18-7-3-2-4-8-18)15-21-26(23,24)16-19-9-5-6-14-25-19/h2-4,7-8,17,19-21H,5-6,9-16H2,1H3. The molecule has 5 nitrogen and oxygen atoms in total. The van der Waals surface area contributed by atoms with Crippen molar-refractivity contribution in [3.63, 3.8) is 0 Å². The number of rotatable bonds is 7. The fraction of sp³-hybridized carbons (Fsp3) is 0.700. The van der Waals surface area contributed by atoms with Gasteiger partial charge in [-0.25, -0.2) is 13.1 Å². The van der Waals surface area contributed by atoms with E-state index < -0.39 is 10.0 Å². The predicted octanol–water partition coefficient (Wildman–Crippen LogP) is 2.95. The number of sulfonamides is 1. The van der Waals surface area contributed by atoms with Crippen LogP contribution in [0, 0.1) is 5.92 Å². The zero-order valence-electron chi connectivity index (χ0n) is 15.8. The van der Waals surface area contributed by atoms with Crippen LogP contribution in [0.5, 0.6) is 0 Å². The van der Waals surface area contributed by atoms with E-state index in [1.54, 1.807) is 0 Å². The molecule has 146 valence electrons. The molecule has 0 saturated carbocycles. The molecule has 2 saturated heterocycles. The summed E-state index contributed by atoms with van der Waals surface area (Å²) in [5, 5.41) is 0. The zero-order valence-corrected chi connectivity index (χ0v) is 16.6. The molecule has 2 heterocycles. The summed E-state index contributed by atoms with van der Waals surface area (Å²) in [4.78, 5) is 2.43. The second-order valence-electron chi connectivity index (χ2n) is 7.76. The van der Waals surface area contributed by atoms with Gasteiger partial charge in [0.2, 0.25) is 10.0 Å². The van der Waals surface area contributed by atoms with E-state index in [0.717, 1.165) is 38.3 Å². The van der Waals surface area contributed by atoms with Gasteiger partial charge in [0.25, 0.3) is 0 Å². The molecule has 2 atom stereocenters. The molecule has 1 N–H and O–H groups in total. The van der Waals surface area contributed by atoms with Crippen molar-refractivity contribution in [3.05, 3.63) is 35.9 Å². The van der Waals surface area contributed by atoms with Crippen LogP contribution in [0.2, 0.25) is 0 Å². The van der Waals surface area contributed by atoms with Crippen LogP contribution in [0.1, 0.15) is 50.6 Å². The van der Waals surface area contributed by atoms with E-state index in [2.05, 4.69) is 28.7 Å². The molecule has 0 amide bonds. The highest BCUT2D eigenvalue weighted by Gasteiger charge is 2.27. The normalized spacial score (nSPS) is 24.4. The largest absolute Gasteiger partial charge is 0.377 e. The van der Waals surface area contributed by atoms with Crippen LogP contribution in [0.3, 0.4) is 0 Å². The van der Waals surface area contributed by atoms with Crippen molar-refractivity contribution in [2.24, 2.45) is 5.92 Å². The summed E-state index contributed by atoms with van der Waals surface area (Å²) in [6.07, 6.45) is 5.12. The van der Waals surface area contributed by atoms with Crippen LogP contribution in [-0.2, 0) is 14.8 Å². The second kappa shape index (κ2) is 9.31. The lowest BCUT2D eigenvalue weighted by atomic mass is 9.96. The molecule has 0 aromatic heterocycles. The fourth-order valence-electron chi connectivity index (χ4n) is 3.92. The Morgan fingerprint density at radius 2 is 1.88 bits per heavy atom. The van der Waals surface area contributed by atoms with Gasteiger partial charge in [-0.2, -0.15) is 0 Å². The number of likely N-dealkylation sites (tertiary alicyclic amines) is 1. The van der Waals surface area contributed by atoms with Gasteiger partial charge in [-0.3, -0.25) is 4.90 Å². The first-order chi connectivity index (χ1) is 12.5. The topological polar surface area (TPSA) is 58.6 Å². The van der Waals surface area contributed by atoms with Gasteiger partial charge in [0.1, 0.15) is 0 Å². The first-order valence-electron chi connectivity index (χ1n) is 9.91. The maximum Gasteiger partial charge on any atom is 0.214 e. The molecule has 0 spiro atoms. The van der Waals surface area contributed by atoms with E-state index in [4.69, 9.17) is 4.74 Å². The molecular weight excluding hydrogens is 348 g/mol. The Balaban J connectivity index is 1.63. The van der Waals surface area contributed by atoms with Gasteiger partial charge in [-0.1, -0.05) is 37.3 Å². The quantitative estimate of drug-likeness (QED) is 0.790. The number of ether oxygens (including phenoxy) is 1. The minimum atomic E-state index is -3.34. The number of piperidine rings is 1. The number of nitrogens with zero attached hydrogens (tertiary/aromatic N) is 1. The summed E-state index contributed by atoms with van der Waals surface area (Å²) in [6.45, 7) is 5.44. The Hall–Kier alpha value is -0.950. The van der Waals surface area contributed by atoms with Crippen LogP contribution in [0.4, 0.5) is 0 Å². The van der Waals surface area contributed by atoms with Crippen LogP contribution in [0.25, 0.3) is 0 Å². The molecular formula is C20H32N2O3S. The van der Waals surface area contributed by atoms with Crippen LogP contribution >= 0.6 is 0 Å². The average molecular weight is 381 g/mol. The van der Waals surface area contributed by atoms with Gasteiger partial charge < -0.3 is 4.74 Å². The molecule has 1 aromatic carbocycles. The van der Waals surface area contributed by atoms with Gasteiger partial charge in [-0.05, 0) is 56.7 Å². The maximum absolute atomic E-state index is 12.6. The Morgan fingerprint density at radius 1 is 1.15 bits per heavy atom. The highest BCUT2D eigenvalue weighted by Crippen LogP contribution is 2.26. The molecule has 6 heteroatoms. The van der Waals surface area contributed by atoms with Crippen molar-refractivity contribution in [1.82, 2.24) is 9.62 Å². The summed E-state index contributed by atoms with van der Waals surface area (Å²) in [5.74, 6) is 0.828. The maximum atomic E-state index is 12.6. The summed E-state index contributed by atoms with van der Waals surface area (Å²) in [6, 6.07) is 10.3. The molecule has 0 aliphatic carbocycles. The highest BCUT2D eigenvalue weighted by atomic mass is 32.2. The van der Waals surface area contributed by atoms with Crippen molar-refractivity contribution >= 4 is 10.0 Å². The third-order valence-electron chi connectivity index (χ3n) is 5.62. The molecule has 2 aliphatic rings. The lowest BCUT2D eigenvalue weighted by Crippen LogP contribution is -2.43. The zero-order chi connectivity index (χ0) is 18.4. The number of hydrogen-bond acceptors (Lipinski definition) is 4. The highest BCUT2D eigenvalue weighted by molar-refractivity contribution is 7.89. The minimum absolute atomic E-state index is 0.0749. The molecule has 0 radical (unpaired) electrons. The van der Waals surface area contributed by atoms with Gasteiger partial charge >= 0.3 is 0 Å². The molecule has 3 rings (SSSR count). The van der Waals surface area contributed by atoms with Crippen LogP contribution in [-0.4, -0.2) is 51.4 Å². The van der Waals surface area contributed by atoms with E-state index >= 15 is 0 Å². The SMILES string of the molecule is CC1CCN(C(CNS(=O)(=O)CC2CCCCO2)c2ccccc2)CC1. The van der Waals surface area contributed by atoms with E-state index in [1.807, 2.05) is 18.2 Å². The molecule has 1 aromatic rings. The Bertz CT molecular complexity index is 636. The molecule has 2 aliphatic heterocycles. The summed E-state index contributed by atoms with van der Waals surface area (Å²) >= 11 is 0. The van der Waals surface area contributed by atoms with Gasteiger partial charge in [-0.15, -0.1) is 0 Å². The fourth-order valence-corrected chi connectivity index (χ4v) is 5.20. The smallest absolute Gasteiger partial charge is 0.214 e. The van der Waals surface area contributed by atoms with Crippen LogP contribution in [0.15, 0.2) is 30.3 Å². The summed E-state index contributed by atoms with van der Waals surface area (Å²) in [5.41, 5.74) is 1.18. The van der Waals surface area contributed by atoms with Crippen molar-refractivity contribution in [2.45, 2.75) is 51.2 Å². The Labute approximate surface area is 158 Å². The average Bonchev–Trinajstić information content (AvgIpc) is 2.64. The van der Waals surface area contributed by atoms with Gasteiger partial charge in [0.15, 0.2) is 0 Å². The number of nitrogens with one attached hydrogen (secondary N) is 1. The van der Waals surface area contributed by atoms with Crippen molar-refractivity contribution in [3.8, 4) is 0 Å². The van der Waals surface area contributed by atoms with E-state index in [0.29, 0.717) is 13.2 Å². The van der Waals surface area contributed by atoms with Gasteiger partial charge in [0, 0.05) is 19.2 Å². The molecule has 2 fully saturated rings. The Kier molecular flexibility index (Phi) is 7.09. The first kappa shape index (κ1) is 19.8. The first-order valence-corrected chi connectivity index (χ1v) is 11.6. The Morgan fingerprint density at radius 3 is 2.54 bits per heavy atom. The lowest BCUT2D eigenvalue weighted by Gasteiger charge is -2.37. The third kappa shape index (κ3) is 5.78. The predicted molar refractivity (Wildman–Crippen MR) is 105 cm³/mol. The summed E-state index contributed by atoms with van der Waals surface area (Å²) < 4.78 is 33.6. The second-order valence-corrected chi connectivity index (χ2v) is 9.61.